The fourth-order valence-corrected chi connectivity index (χ4v) is 2.26. The maximum Gasteiger partial charge on any atom is 0.191 e. The van der Waals surface area contributed by atoms with Crippen LogP contribution in [0.5, 0.6) is 17.2 Å². The average molecular weight is 489 g/mol. The topological polar surface area (TPSA) is 75.1 Å². The van der Waals surface area contributed by atoms with Gasteiger partial charge in [-0.1, -0.05) is 12.1 Å². The quantitative estimate of drug-likeness (QED) is 0.316. The Hall–Kier alpha value is -2.23. The molecule has 0 saturated carbocycles. The Bertz CT molecular complexity index is 759. The molecule has 0 aliphatic heterocycles. The zero-order chi connectivity index (χ0) is 18.9. The monoisotopic (exact) mass is 489 g/mol. The second-order valence-corrected chi connectivity index (χ2v) is 5.70. The number of benzene rings is 2. The summed E-state index contributed by atoms with van der Waals surface area (Å²) in [4.78, 5) is 4.13. The van der Waals surface area contributed by atoms with E-state index in [-0.39, 0.29) is 35.8 Å². The van der Waals surface area contributed by atoms with E-state index < -0.39 is 5.82 Å². The summed E-state index contributed by atoms with van der Waals surface area (Å²) in [6.45, 7) is 2.85. The van der Waals surface area contributed by atoms with Gasteiger partial charge in [0.1, 0.15) is 17.6 Å². The maximum atomic E-state index is 13.4. The largest absolute Gasteiger partial charge is 0.505 e. The number of aromatic hydroxyl groups is 1. The van der Waals surface area contributed by atoms with Gasteiger partial charge in [0.25, 0.3) is 0 Å². The number of hydrogen-bond acceptors (Lipinski definition) is 4. The molecule has 1 atom stereocenters. The number of phenolic OH excluding ortho intramolecular Hbond substituents is 1. The predicted octanol–water partition coefficient (Wildman–Crippen LogP) is 3.29. The van der Waals surface area contributed by atoms with Crippen molar-refractivity contribution in [2.75, 3.05) is 20.7 Å². The molecule has 0 heterocycles. The minimum Gasteiger partial charge on any atom is -0.505 e. The van der Waals surface area contributed by atoms with Crippen LogP contribution in [0.2, 0.25) is 0 Å². The summed E-state index contributed by atoms with van der Waals surface area (Å²) in [7, 11) is 3.26. The molecule has 1 unspecified atom stereocenters. The predicted molar refractivity (Wildman–Crippen MR) is 115 cm³/mol. The van der Waals surface area contributed by atoms with Crippen LogP contribution in [0, 0.1) is 5.82 Å². The van der Waals surface area contributed by atoms with Crippen molar-refractivity contribution in [2.24, 2.45) is 4.99 Å². The van der Waals surface area contributed by atoms with Gasteiger partial charge in [0.05, 0.1) is 13.7 Å². The highest BCUT2D eigenvalue weighted by atomic mass is 127. The lowest BCUT2D eigenvalue weighted by Gasteiger charge is -2.18. The number of hydrogen-bond donors (Lipinski definition) is 3. The number of nitrogens with zero attached hydrogens (tertiary/aromatic N) is 1. The van der Waals surface area contributed by atoms with Crippen molar-refractivity contribution in [3.63, 3.8) is 0 Å². The van der Waals surface area contributed by atoms with Gasteiger partial charge in [-0.3, -0.25) is 4.99 Å². The summed E-state index contributed by atoms with van der Waals surface area (Å²) in [6.07, 6.45) is -0.105. The summed E-state index contributed by atoms with van der Waals surface area (Å²) in [5, 5.41) is 15.5. The molecule has 6 nitrogen and oxygen atoms in total. The highest BCUT2D eigenvalue weighted by molar-refractivity contribution is 14.0. The van der Waals surface area contributed by atoms with Crippen molar-refractivity contribution < 1.29 is 19.0 Å². The Morgan fingerprint density at radius 1 is 1.19 bits per heavy atom. The first kappa shape index (κ1) is 22.8. The van der Waals surface area contributed by atoms with Gasteiger partial charge in [-0.05, 0) is 36.8 Å². The highest BCUT2D eigenvalue weighted by Gasteiger charge is 2.07. The van der Waals surface area contributed by atoms with Crippen molar-refractivity contribution in [1.82, 2.24) is 10.6 Å². The molecule has 2 aromatic rings. The highest BCUT2D eigenvalue weighted by Crippen LogP contribution is 2.19. The molecule has 0 amide bonds. The summed E-state index contributed by atoms with van der Waals surface area (Å²) in [5.74, 6) is 1.02. The standard InChI is InChI=1S/C19H24FN3O3.HI/c1-13(26-16-6-4-5-15(10-16)25-3)11-22-19(21-2)23-12-14-7-8-18(24)17(20)9-14;/h4-10,13,24H,11-12H2,1-3H3,(H2,21,22,23);1H. The molecule has 27 heavy (non-hydrogen) atoms. The van der Waals surface area contributed by atoms with Gasteiger partial charge in [0.2, 0.25) is 0 Å². The first-order chi connectivity index (χ1) is 12.5. The van der Waals surface area contributed by atoms with Gasteiger partial charge < -0.3 is 25.2 Å². The summed E-state index contributed by atoms with van der Waals surface area (Å²) >= 11 is 0. The zero-order valence-corrected chi connectivity index (χ0v) is 17.9. The van der Waals surface area contributed by atoms with Crippen LogP contribution in [0.25, 0.3) is 0 Å². The molecule has 2 rings (SSSR count). The van der Waals surface area contributed by atoms with E-state index in [2.05, 4.69) is 15.6 Å². The number of ether oxygens (including phenoxy) is 2. The molecular formula is C19H25FIN3O3. The molecule has 0 fully saturated rings. The van der Waals surface area contributed by atoms with Crippen molar-refractivity contribution >= 4 is 29.9 Å². The summed E-state index contributed by atoms with van der Waals surface area (Å²) in [6, 6.07) is 11.7. The maximum absolute atomic E-state index is 13.4. The third kappa shape index (κ3) is 7.49. The number of aliphatic imine (C=N–C) groups is 1. The smallest absolute Gasteiger partial charge is 0.191 e. The van der Waals surface area contributed by atoms with Crippen LogP contribution in [0.4, 0.5) is 4.39 Å². The molecule has 0 aromatic heterocycles. The van der Waals surface area contributed by atoms with Crippen LogP contribution in [0.1, 0.15) is 12.5 Å². The van der Waals surface area contributed by atoms with Gasteiger partial charge in [0.15, 0.2) is 17.5 Å². The molecule has 3 N–H and O–H groups in total. The molecule has 0 aliphatic rings. The van der Waals surface area contributed by atoms with Gasteiger partial charge in [-0.2, -0.15) is 0 Å². The molecule has 0 spiro atoms. The third-order valence-corrected chi connectivity index (χ3v) is 3.63. The molecule has 148 valence electrons. The zero-order valence-electron chi connectivity index (χ0n) is 15.5. The van der Waals surface area contributed by atoms with E-state index in [0.29, 0.717) is 24.6 Å². The Morgan fingerprint density at radius 2 is 1.93 bits per heavy atom. The SMILES string of the molecule is CN=C(NCc1ccc(O)c(F)c1)NCC(C)Oc1cccc(OC)c1.I. The summed E-state index contributed by atoms with van der Waals surface area (Å²) in [5.41, 5.74) is 0.698. The lowest BCUT2D eigenvalue weighted by molar-refractivity contribution is 0.223. The minimum atomic E-state index is -0.646. The van der Waals surface area contributed by atoms with E-state index in [9.17, 15) is 9.50 Å². The lowest BCUT2D eigenvalue weighted by Crippen LogP contribution is -2.41. The van der Waals surface area contributed by atoms with Gasteiger partial charge in [-0.15, -0.1) is 24.0 Å². The van der Waals surface area contributed by atoms with Gasteiger partial charge in [0, 0.05) is 19.7 Å². The van der Waals surface area contributed by atoms with E-state index >= 15 is 0 Å². The molecule has 0 bridgehead atoms. The molecule has 8 heteroatoms. The third-order valence-electron chi connectivity index (χ3n) is 3.63. The van der Waals surface area contributed by atoms with Crippen LogP contribution >= 0.6 is 24.0 Å². The van der Waals surface area contributed by atoms with Crippen molar-refractivity contribution in [3.05, 3.63) is 53.8 Å². The van der Waals surface area contributed by atoms with E-state index in [4.69, 9.17) is 9.47 Å². The Labute approximate surface area is 175 Å². The summed E-state index contributed by atoms with van der Waals surface area (Å²) < 4.78 is 24.4. The average Bonchev–Trinajstić information content (AvgIpc) is 2.64. The number of phenols is 1. The van der Waals surface area contributed by atoms with E-state index in [1.807, 2.05) is 31.2 Å². The van der Waals surface area contributed by atoms with Crippen molar-refractivity contribution in [1.29, 1.82) is 0 Å². The fourth-order valence-electron chi connectivity index (χ4n) is 2.26. The van der Waals surface area contributed by atoms with Crippen LogP contribution in [0.3, 0.4) is 0 Å². The van der Waals surface area contributed by atoms with E-state index in [1.54, 1.807) is 20.2 Å². The number of halogens is 2. The Kier molecular flexibility index (Phi) is 9.70. The van der Waals surface area contributed by atoms with Crippen LogP contribution in [-0.4, -0.2) is 37.9 Å². The Balaban J connectivity index is 0.00000364. The van der Waals surface area contributed by atoms with Crippen molar-refractivity contribution in [3.8, 4) is 17.2 Å². The van der Waals surface area contributed by atoms with Crippen LogP contribution in [0.15, 0.2) is 47.5 Å². The van der Waals surface area contributed by atoms with E-state index in [0.717, 1.165) is 11.5 Å². The first-order valence-electron chi connectivity index (χ1n) is 8.24. The van der Waals surface area contributed by atoms with Crippen molar-refractivity contribution in [2.45, 2.75) is 19.6 Å². The second kappa shape index (κ2) is 11.5. The van der Waals surface area contributed by atoms with E-state index in [1.165, 1.54) is 12.1 Å². The molecule has 0 radical (unpaired) electrons. The first-order valence-corrected chi connectivity index (χ1v) is 8.24. The Morgan fingerprint density at radius 3 is 2.59 bits per heavy atom. The van der Waals surface area contributed by atoms with Gasteiger partial charge >= 0.3 is 0 Å². The minimum absolute atomic E-state index is 0. The van der Waals surface area contributed by atoms with Crippen LogP contribution < -0.4 is 20.1 Å². The van der Waals surface area contributed by atoms with Crippen LogP contribution in [-0.2, 0) is 6.54 Å². The number of methoxy groups -OCH3 is 1. The number of rotatable bonds is 7. The fraction of sp³-hybridized carbons (Fsp3) is 0.316. The second-order valence-electron chi connectivity index (χ2n) is 5.70. The molecule has 0 aliphatic carbocycles. The molecular weight excluding hydrogens is 464 g/mol. The normalized spacial score (nSPS) is 11.9. The van der Waals surface area contributed by atoms with Gasteiger partial charge in [-0.25, -0.2) is 4.39 Å². The number of guanidine groups is 1. The molecule has 0 saturated heterocycles. The lowest BCUT2D eigenvalue weighted by atomic mass is 10.2. The molecule has 2 aromatic carbocycles. The number of nitrogens with one attached hydrogen (secondary N) is 2.